The van der Waals surface area contributed by atoms with E-state index in [-0.39, 0.29) is 22.6 Å². The van der Waals surface area contributed by atoms with Gasteiger partial charge in [-0.1, -0.05) is 18.2 Å². The van der Waals surface area contributed by atoms with Crippen LogP contribution in [0.3, 0.4) is 0 Å². The number of aromatic carboxylic acids is 1. The van der Waals surface area contributed by atoms with Crippen molar-refractivity contribution in [3.8, 4) is 16.9 Å². The highest BCUT2D eigenvalue weighted by molar-refractivity contribution is 5.94. The summed E-state index contributed by atoms with van der Waals surface area (Å²) in [5, 5.41) is 22.8. The first kappa shape index (κ1) is 10.0. The normalized spacial score (nSPS) is 10.2. The number of aromatic nitrogens is 2. The number of hydrogen-bond donors (Lipinski definition) is 4. The average molecular weight is 220 g/mol. The van der Waals surface area contributed by atoms with E-state index in [1.807, 2.05) is 0 Å². The largest absolute Gasteiger partial charge is 0.507 e. The highest BCUT2D eigenvalue weighted by Gasteiger charge is 2.19. The molecule has 0 aliphatic carbocycles. The van der Waals surface area contributed by atoms with Gasteiger partial charge >= 0.3 is 5.97 Å². The Bertz CT molecular complexity index is 597. The molecule has 6 nitrogen and oxygen atoms in total. The zero-order chi connectivity index (χ0) is 11.7. The van der Waals surface area contributed by atoms with Gasteiger partial charge in [0.05, 0.1) is 5.56 Å². The van der Waals surface area contributed by atoms with Crippen LogP contribution in [-0.4, -0.2) is 26.4 Å². The van der Waals surface area contributed by atoms with E-state index in [1.165, 1.54) is 12.1 Å². The Morgan fingerprint density at radius 2 is 1.88 bits per heavy atom. The highest BCUT2D eigenvalue weighted by Crippen LogP contribution is 2.27. The lowest BCUT2D eigenvalue weighted by Gasteiger charge is -2.01. The predicted octanol–water partition coefficient (Wildman–Crippen LogP) is 0.774. The van der Waals surface area contributed by atoms with Crippen LogP contribution in [0.25, 0.3) is 11.1 Å². The molecule has 2 aromatic rings. The van der Waals surface area contributed by atoms with Crippen molar-refractivity contribution in [3.05, 3.63) is 40.3 Å². The summed E-state index contributed by atoms with van der Waals surface area (Å²) in [6, 6.07) is 6.04. The van der Waals surface area contributed by atoms with Crippen LogP contribution in [0.4, 0.5) is 0 Å². The molecule has 0 fully saturated rings. The van der Waals surface area contributed by atoms with E-state index in [0.717, 1.165) is 0 Å². The fourth-order valence-electron chi connectivity index (χ4n) is 1.46. The van der Waals surface area contributed by atoms with Crippen LogP contribution in [0.15, 0.2) is 29.1 Å². The summed E-state index contributed by atoms with van der Waals surface area (Å²) < 4.78 is 0. The molecule has 0 amide bonds. The summed E-state index contributed by atoms with van der Waals surface area (Å²) in [6.07, 6.45) is 0. The molecule has 2 rings (SSSR count). The molecule has 0 saturated carbocycles. The van der Waals surface area contributed by atoms with Crippen molar-refractivity contribution in [2.45, 2.75) is 0 Å². The van der Waals surface area contributed by atoms with E-state index in [0.29, 0.717) is 0 Å². The summed E-state index contributed by atoms with van der Waals surface area (Å²) in [5.74, 6) is -1.41. The monoisotopic (exact) mass is 220 g/mol. The van der Waals surface area contributed by atoms with Gasteiger partial charge in [0.1, 0.15) is 5.75 Å². The maximum absolute atomic E-state index is 11.4. The molecule has 1 heterocycles. The number of rotatable bonds is 2. The second-order valence-electron chi connectivity index (χ2n) is 3.15. The molecule has 82 valence electrons. The van der Waals surface area contributed by atoms with Crippen molar-refractivity contribution >= 4 is 5.97 Å². The first-order valence-electron chi connectivity index (χ1n) is 4.43. The molecule has 0 aliphatic rings. The second-order valence-corrected chi connectivity index (χ2v) is 3.15. The van der Waals surface area contributed by atoms with E-state index in [9.17, 15) is 14.7 Å². The summed E-state index contributed by atoms with van der Waals surface area (Å²) in [4.78, 5) is 22.3. The van der Waals surface area contributed by atoms with Gasteiger partial charge in [-0.3, -0.25) is 15.0 Å². The second kappa shape index (κ2) is 3.58. The van der Waals surface area contributed by atoms with Crippen molar-refractivity contribution in [3.63, 3.8) is 0 Å². The number of hydrogen-bond acceptors (Lipinski definition) is 3. The summed E-state index contributed by atoms with van der Waals surface area (Å²) in [6.45, 7) is 0. The average Bonchev–Trinajstić information content (AvgIpc) is 2.61. The fourth-order valence-corrected chi connectivity index (χ4v) is 1.46. The molecule has 1 aromatic heterocycles. The highest BCUT2D eigenvalue weighted by atomic mass is 16.4. The molecular formula is C10H8N2O4. The lowest BCUT2D eigenvalue weighted by atomic mass is 10.1. The minimum atomic E-state index is -1.27. The van der Waals surface area contributed by atoms with Crippen molar-refractivity contribution in [2.75, 3.05) is 0 Å². The Labute approximate surface area is 89.2 Å². The number of carbonyl (C=O) groups is 1. The smallest absolute Gasteiger partial charge is 0.354 e. The van der Waals surface area contributed by atoms with Crippen LogP contribution in [0.5, 0.6) is 5.75 Å². The number of nitrogens with one attached hydrogen (secondary N) is 2. The van der Waals surface area contributed by atoms with Gasteiger partial charge in [-0.25, -0.2) is 4.79 Å². The zero-order valence-electron chi connectivity index (χ0n) is 8.02. The van der Waals surface area contributed by atoms with Gasteiger partial charge in [0, 0.05) is 5.56 Å². The number of aromatic amines is 2. The summed E-state index contributed by atoms with van der Waals surface area (Å²) >= 11 is 0. The third-order valence-electron chi connectivity index (χ3n) is 2.17. The molecule has 0 saturated heterocycles. The molecule has 0 atom stereocenters. The van der Waals surface area contributed by atoms with E-state index < -0.39 is 11.5 Å². The van der Waals surface area contributed by atoms with Crippen molar-refractivity contribution < 1.29 is 15.0 Å². The predicted molar refractivity (Wildman–Crippen MR) is 55.5 cm³/mol. The van der Waals surface area contributed by atoms with Crippen LogP contribution in [0, 0.1) is 0 Å². The SMILES string of the molecule is O=C(O)c1[nH][nH]c(=O)c1-c1ccccc1O. The lowest BCUT2D eigenvalue weighted by Crippen LogP contribution is -2.05. The molecule has 0 bridgehead atoms. The Morgan fingerprint density at radius 3 is 2.50 bits per heavy atom. The third kappa shape index (κ3) is 1.46. The first-order chi connectivity index (χ1) is 7.61. The van der Waals surface area contributed by atoms with E-state index in [4.69, 9.17) is 5.11 Å². The number of carboxylic acids is 1. The van der Waals surface area contributed by atoms with Gasteiger partial charge in [-0.05, 0) is 6.07 Å². The van der Waals surface area contributed by atoms with Gasteiger partial charge in [-0.15, -0.1) is 0 Å². The van der Waals surface area contributed by atoms with Crippen LogP contribution in [0.1, 0.15) is 10.5 Å². The number of H-pyrrole nitrogens is 2. The van der Waals surface area contributed by atoms with Crippen LogP contribution in [0.2, 0.25) is 0 Å². The number of benzene rings is 1. The van der Waals surface area contributed by atoms with Gasteiger partial charge in [-0.2, -0.15) is 0 Å². The van der Waals surface area contributed by atoms with Gasteiger partial charge in [0.25, 0.3) is 5.56 Å². The molecule has 0 radical (unpaired) electrons. The lowest BCUT2D eigenvalue weighted by molar-refractivity contribution is 0.0691. The van der Waals surface area contributed by atoms with E-state index in [2.05, 4.69) is 10.2 Å². The minimum Gasteiger partial charge on any atom is -0.507 e. The maximum Gasteiger partial charge on any atom is 0.354 e. The number of para-hydroxylation sites is 1. The third-order valence-corrected chi connectivity index (χ3v) is 2.17. The fraction of sp³-hybridized carbons (Fsp3) is 0. The Balaban J connectivity index is 2.74. The zero-order valence-corrected chi connectivity index (χ0v) is 8.02. The Morgan fingerprint density at radius 1 is 1.19 bits per heavy atom. The Kier molecular flexibility index (Phi) is 2.24. The Hall–Kier alpha value is -2.50. The topological polar surface area (TPSA) is 106 Å². The van der Waals surface area contributed by atoms with E-state index >= 15 is 0 Å². The summed E-state index contributed by atoms with van der Waals surface area (Å²) in [7, 11) is 0. The van der Waals surface area contributed by atoms with Gasteiger partial charge in [0.15, 0.2) is 5.69 Å². The number of carboxylic acid groups (broad SMARTS) is 1. The van der Waals surface area contributed by atoms with Crippen LogP contribution >= 0.6 is 0 Å². The number of phenolic OH excluding ortho intramolecular Hbond substituents is 1. The molecule has 4 N–H and O–H groups in total. The van der Waals surface area contributed by atoms with Gasteiger partial charge < -0.3 is 10.2 Å². The maximum atomic E-state index is 11.4. The number of phenols is 1. The first-order valence-corrected chi connectivity index (χ1v) is 4.43. The molecule has 0 unspecified atom stereocenters. The molecule has 6 heteroatoms. The van der Waals surface area contributed by atoms with Crippen LogP contribution < -0.4 is 5.56 Å². The summed E-state index contributed by atoms with van der Waals surface area (Å²) in [5.41, 5.74) is -0.751. The molecular weight excluding hydrogens is 212 g/mol. The number of aromatic hydroxyl groups is 1. The van der Waals surface area contributed by atoms with E-state index in [1.54, 1.807) is 12.1 Å². The molecule has 0 spiro atoms. The van der Waals surface area contributed by atoms with Crippen molar-refractivity contribution in [2.24, 2.45) is 0 Å². The minimum absolute atomic E-state index is 0.0781. The van der Waals surface area contributed by atoms with Crippen molar-refractivity contribution in [1.29, 1.82) is 0 Å². The molecule has 16 heavy (non-hydrogen) atoms. The molecule has 0 aliphatic heterocycles. The van der Waals surface area contributed by atoms with Crippen molar-refractivity contribution in [1.82, 2.24) is 10.2 Å². The standard InChI is InChI=1S/C10H8N2O4/c13-6-4-2-1-3-5(6)7-8(10(15)16)11-12-9(7)14/h1-4,13H,(H,15,16)(H2,11,12,14). The molecule has 1 aromatic carbocycles. The quantitative estimate of drug-likeness (QED) is 0.599. The van der Waals surface area contributed by atoms with Gasteiger partial charge in [0.2, 0.25) is 0 Å². The van der Waals surface area contributed by atoms with Crippen LogP contribution in [-0.2, 0) is 0 Å².